The SMILES string of the molecule is C=CCc1cc(-c2ccccn2)c(OC)cc1OCCN1CCCC1. The Hall–Kier alpha value is -2.33. The van der Waals surface area contributed by atoms with Crippen LogP contribution in [-0.2, 0) is 6.42 Å². The lowest BCUT2D eigenvalue weighted by Crippen LogP contribution is -2.25. The van der Waals surface area contributed by atoms with E-state index in [4.69, 9.17) is 9.47 Å². The van der Waals surface area contributed by atoms with Crippen molar-refractivity contribution in [2.24, 2.45) is 0 Å². The van der Waals surface area contributed by atoms with Gasteiger partial charge in [-0.15, -0.1) is 6.58 Å². The van der Waals surface area contributed by atoms with Crippen LogP contribution in [0.2, 0.25) is 0 Å². The van der Waals surface area contributed by atoms with E-state index in [1.807, 2.05) is 30.3 Å². The van der Waals surface area contributed by atoms with Crippen LogP contribution < -0.4 is 9.47 Å². The molecule has 0 bridgehead atoms. The number of hydrogen-bond acceptors (Lipinski definition) is 4. The number of rotatable bonds is 8. The van der Waals surface area contributed by atoms with E-state index in [1.165, 1.54) is 25.9 Å². The van der Waals surface area contributed by atoms with E-state index in [-0.39, 0.29) is 0 Å². The highest BCUT2D eigenvalue weighted by Gasteiger charge is 2.15. The number of likely N-dealkylation sites (tertiary alicyclic amines) is 1. The quantitative estimate of drug-likeness (QED) is 0.683. The molecule has 2 heterocycles. The number of hydrogen-bond donors (Lipinski definition) is 0. The minimum Gasteiger partial charge on any atom is -0.496 e. The first-order valence-corrected chi connectivity index (χ1v) is 8.90. The van der Waals surface area contributed by atoms with Crippen LogP contribution in [0.15, 0.2) is 49.2 Å². The van der Waals surface area contributed by atoms with Crippen molar-refractivity contribution in [2.45, 2.75) is 19.3 Å². The predicted octanol–water partition coefficient (Wildman–Crippen LogP) is 3.96. The van der Waals surface area contributed by atoms with Crippen molar-refractivity contribution < 1.29 is 9.47 Å². The molecule has 4 heteroatoms. The Morgan fingerprint density at radius 3 is 2.72 bits per heavy atom. The second kappa shape index (κ2) is 8.67. The molecule has 25 heavy (non-hydrogen) atoms. The van der Waals surface area contributed by atoms with Crippen molar-refractivity contribution in [1.82, 2.24) is 9.88 Å². The van der Waals surface area contributed by atoms with Gasteiger partial charge < -0.3 is 9.47 Å². The number of aromatic nitrogens is 1. The van der Waals surface area contributed by atoms with Crippen LogP contribution in [0.1, 0.15) is 18.4 Å². The molecule has 1 aliphatic heterocycles. The van der Waals surface area contributed by atoms with E-state index in [2.05, 4.69) is 22.5 Å². The second-order valence-electron chi connectivity index (χ2n) is 6.27. The third-order valence-corrected chi connectivity index (χ3v) is 4.55. The molecule has 0 amide bonds. The van der Waals surface area contributed by atoms with Gasteiger partial charge in [-0.25, -0.2) is 0 Å². The van der Waals surface area contributed by atoms with Crippen molar-refractivity contribution in [1.29, 1.82) is 0 Å². The first kappa shape index (κ1) is 17.5. The van der Waals surface area contributed by atoms with Gasteiger partial charge in [0.15, 0.2) is 0 Å². The summed E-state index contributed by atoms with van der Waals surface area (Å²) in [6.07, 6.45) is 7.05. The number of allylic oxidation sites excluding steroid dienone is 1. The van der Waals surface area contributed by atoms with E-state index < -0.39 is 0 Å². The summed E-state index contributed by atoms with van der Waals surface area (Å²) in [5.74, 6) is 1.65. The Labute approximate surface area is 150 Å². The molecule has 1 fully saturated rings. The lowest BCUT2D eigenvalue weighted by molar-refractivity contribution is 0.236. The van der Waals surface area contributed by atoms with Crippen molar-refractivity contribution in [2.75, 3.05) is 33.4 Å². The summed E-state index contributed by atoms with van der Waals surface area (Å²) in [6, 6.07) is 9.97. The van der Waals surface area contributed by atoms with E-state index in [0.29, 0.717) is 6.61 Å². The lowest BCUT2D eigenvalue weighted by Gasteiger charge is -2.18. The predicted molar refractivity (Wildman–Crippen MR) is 101 cm³/mol. The van der Waals surface area contributed by atoms with Crippen molar-refractivity contribution in [3.8, 4) is 22.8 Å². The summed E-state index contributed by atoms with van der Waals surface area (Å²) in [5.41, 5.74) is 2.98. The zero-order valence-corrected chi connectivity index (χ0v) is 14.9. The van der Waals surface area contributed by atoms with Gasteiger partial charge in [0.25, 0.3) is 0 Å². The fourth-order valence-electron chi connectivity index (χ4n) is 3.24. The topological polar surface area (TPSA) is 34.6 Å². The summed E-state index contributed by atoms with van der Waals surface area (Å²) in [7, 11) is 1.68. The number of benzene rings is 1. The average Bonchev–Trinajstić information content (AvgIpc) is 3.17. The third kappa shape index (κ3) is 4.40. The van der Waals surface area contributed by atoms with Gasteiger partial charge in [0.2, 0.25) is 0 Å². The Morgan fingerprint density at radius 2 is 2.04 bits per heavy atom. The number of nitrogens with zero attached hydrogens (tertiary/aromatic N) is 2. The van der Waals surface area contributed by atoms with Crippen molar-refractivity contribution in [3.63, 3.8) is 0 Å². The molecule has 0 spiro atoms. The lowest BCUT2D eigenvalue weighted by atomic mass is 10.0. The molecular weight excluding hydrogens is 312 g/mol. The van der Waals surface area contributed by atoms with Gasteiger partial charge in [0, 0.05) is 24.4 Å². The maximum absolute atomic E-state index is 6.10. The Bertz CT molecular complexity index is 695. The van der Waals surface area contributed by atoms with E-state index in [1.54, 1.807) is 13.3 Å². The average molecular weight is 338 g/mol. The van der Waals surface area contributed by atoms with Gasteiger partial charge in [0.05, 0.1) is 12.8 Å². The van der Waals surface area contributed by atoms with Crippen LogP contribution in [0.25, 0.3) is 11.3 Å². The highest BCUT2D eigenvalue weighted by molar-refractivity contribution is 5.70. The maximum Gasteiger partial charge on any atom is 0.131 e. The molecule has 3 rings (SSSR count). The Morgan fingerprint density at radius 1 is 1.20 bits per heavy atom. The molecule has 1 aliphatic rings. The molecule has 0 atom stereocenters. The normalized spacial score (nSPS) is 14.4. The van der Waals surface area contributed by atoms with Gasteiger partial charge in [-0.05, 0) is 56.1 Å². The first-order chi connectivity index (χ1) is 12.3. The summed E-state index contributed by atoms with van der Waals surface area (Å²) in [6.45, 7) is 7.91. The molecule has 0 radical (unpaired) electrons. The largest absolute Gasteiger partial charge is 0.496 e. The Kier molecular flexibility index (Phi) is 6.07. The molecule has 4 nitrogen and oxygen atoms in total. The van der Waals surface area contributed by atoms with Gasteiger partial charge >= 0.3 is 0 Å². The molecule has 0 unspecified atom stereocenters. The monoisotopic (exact) mass is 338 g/mol. The molecule has 1 aromatic heterocycles. The minimum absolute atomic E-state index is 0.691. The summed E-state index contributed by atoms with van der Waals surface area (Å²) in [4.78, 5) is 6.90. The fraction of sp³-hybridized carbons (Fsp3) is 0.381. The van der Waals surface area contributed by atoms with Crippen LogP contribution in [-0.4, -0.2) is 43.2 Å². The highest BCUT2D eigenvalue weighted by atomic mass is 16.5. The molecular formula is C21H26N2O2. The van der Waals surface area contributed by atoms with Crippen LogP contribution in [0, 0.1) is 0 Å². The van der Waals surface area contributed by atoms with Gasteiger partial charge in [-0.3, -0.25) is 9.88 Å². The maximum atomic E-state index is 6.10. The second-order valence-corrected chi connectivity index (χ2v) is 6.27. The van der Waals surface area contributed by atoms with Gasteiger partial charge in [-0.1, -0.05) is 12.1 Å². The molecule has 0 N–H and O–H groups in total. The van der Waals surface area contributed by atoms with Gasteiger partial charge in [-0.2, -0.15) is 0 Å². The zero-order valence-electron chi connectivity index (χ0n) is 14.9. The van der Waals surface area contributed by atoms with Crippen molar-refractivity contribution in [3.05, 3.63) is 54.7 Å². The van der Waals surface area contributed by atoms with E-state index in [0.717, 1.165) is 41.3 Å². The number of methoxy groups -OCH3 is 1. The summed E-state index contributed by atoms with van der Waals surface area (Å²) < 4.78 is 11.7. The first-order valence-electron chi connectivity index (χ1n) is 8.90. The zero-order chi connectivity index (χ0) is 17.5. The molecule has 2 aromatic rings. The molecule has 1 saturated heterocycles. The molecule has 0 aliphatic carbocycles. The fourth-order valence-corrected chi connectivity index (χ4v) is 3.24. The molecule has 0 saturated carbocycles. The van der Waals surface area contributed by atoms with Crippen LogP contribution in [0.3, 0.4) is 0 Å². The smallest absolute Gasteiger partial charge is 0.131 e. The van der Waals surface area contributed by atoms with Crippen LogP contribution >= 0.6 is 0 Å². The standard InChI is InChI=1S/C21H26N2O2/c1-3-8-17-15-18(19-9-4-5-10-22-19)21(24-2)16-20(17)25-14-13-23-11-6-7-12-23/h3-5,9-10,15-16H,1,6-8,11-14H2,2H3. The van der Waals surface area contributed by atoms with Crippen molar-refractivity contribution >= 4 is 0 Å². The van der Waals surface area contributed by atoms with Crippen LogP contribution in [0.5, 0.6) is 11.5 Å². The van der Waals surface area contributed by atoms with Gasteiger partial charge in [0.1, 0.15) is 18.1 Å². The summed E-state index contributed by atoms with van der Waals surface area (Å²) in [5, 5.41) is 0. The molecule has 132 valence electrons. The van der Waals surface area contributed by atoms with Crippen LogP contribution in [0.4, 0.5) is 0 Å². The minimum atomic E-state index is 0.691. The summed E-state index contributed by atoms with van der Waals surface area (Å²) >= 11 is 0. The third-order valence-electron chi connectivity index (χ3n) is 4.55. The number of ether oxygens (including phenoxy) is 2. The van der Waals surface area contributed by atoms with E-state index in [9.17, 15) is 0 Å². The Balaban J connectivity index is 1.82. The molecule has 1 aromatic carbocycles. The number of pyridine rings is 1. The highest BCUT2D eigenvalue weighted by Crippen LogP contribution is 2.35. The van der Waals surface area contributed by atoms with E-state index >= 15 is 0 Å².